The van der Waals surface area contributed by atoms with E-state index in [9.17, 15) is 9.50 Å². The molecule has 1 aliphatic carbocycles. The zero-order valence-corrected chi connectivity index (χ0v) is 12.7. The van der Waals surface area contributed by atoms with Gasteiger partial charge in [0, 0.05) is 6.61 Å². The van der Waals surface area contributed by atoms with E-state index in [0.29, 0.717) is 12.0 Å². The number of aliphatic hydroxyl groups is 1. The van der Waals surface area contributed by atoms with Crippen LogP contribution in [0.25, 0.3) is 0 Å². The second-order valence-electron chi connectivity index (χ2n) is 6.62. The van der Waals surface area contributed by atoms with Crippen molar-refractivity contribution in [3.63, 3.8) is 0 Å². The quantitative estimate of drug-likeness (QED) is 0.894. The predicted molar refractivity (Wildman–Crippen MR) is 78.0 cm³/mol. The van der Waals surface area contributed by atoms with Gasteiger partial charge in [-0.05, 0) is 55.7 Å². The molecule has 1 aromatic carbocycles. The molecule has 0 aromatic heterocycles. The summed E-state index contributed by atoms with van der Waals surface area (Å²) >= 11 is 0. The van der Waals surface area contributed by atoms with Gasteiger partial charge in [-0.2, -0.15) is 0 Å². The molecule has 1 fully saturated rings. The standard InChI is InChI=1S/C17H25FO2/c1-4-20-17(11-9-16(2,3)10-12-17)15(19)13-5-7-14(18)8-6-13/h5-8,15,19H,4,9-12H2,1-3H3. The van der Waals surface area contributed by atoms with E-state index in [2.05, 4.69) is 13.8 Å². The fourth-order valence-electron chi connectivity index (χ4n) is 3.08. The smallest absolute Gasteiger partial charge is 0.123 e. The molecule has 0 heterocycles. The first-order valence-corrected chi connectivity index (χ1v) is 7.46. The Kier molecular flexibility index (Phi) is 4.50. The average Bonchev–Trinajstić information content (AvgIpc) is 2.42. The number of halogens is 1. The van der Waals surface area contributed by atoms with Crippen LogP contribution in [0.2, 0.25) is 0 Å². The van der Waals surface area contributed by atoms with Gasteiger partial charge in [0.2, 0.25) is 0 Å². The fraction of sp³-hybridized carbons (Fsp3) is 0.647. The Hall–Kier alpha value is -0.930. The molecule has 1 aromatic rings. The van der Waals surface area contributed by atoms with Crippen LogP contribution in [0.3, 0.4) is 0 Å². The van der Waals surface area contributed by atoms with Gasteiger partial charge in [0.05, 0.1) is 5.60 Å². The molecule has 3 heteroatoms. The number of hydrogen-bond acceptors (Lipinski definition) is 2. The summed E-state index contributed by atoms with van der Waals surface area (Å²) in [7, 11) is 0. The highest BCUT2D eigenvalue weighted by molar-refractivity contribution is 5.22. The van der Waals surface area contributed by atoms with E-state index in [1.165, 1.54) is 12.1 Å². The molecule has 20 heavy (non-hydrogen) atoms. The van der Waals surface area contributed by atoms with Crippen molar-refractivity contribution < 1.29 is 14.2 Å². The van der Waals surface area contributed by atoms with Gasteiger partial charge in [-0.1, -0.05) is 26.0 Å². The van der Waals surface area contributed by atoms with E-state index >= 15 is 0 Å². The van der Waals surface area contributed by atoms with Gasteiger partial charge in [-0.15, -0.1) is 0 Å². The van der Waals surface area contributed by atoms with E-state index in [0.717, 1.165) is 31.2 Å². The van der Waals surface area contributed by atoms with Crippen molar-refractivity contribution in [2.75, 3.05) is 6.61 Å². The van der Waals surface area contributed by atoms with Crippen molar-refractivity contribution in [1.29, 1.82) is 0 Å². The van der Waals surface area contributed by atoms with E-state index < -0.39 is 11.7 Å². The molecule has 2 nitrogen and oxygen atoms in total. The molecule has 0 amide bonds. The highest BCUT2D eigenvalue weighted by Gasteiger charge is 2.44. The van der Waals surface area contributed by atoms with Crippen LogP contribution in [0.1, 0.15) is 58.1 Å². The predicted octanol–water partition coefficient (Wildman–Crippen LogP) is 4.23. The van der Waals surface area contributed by atoms with Gasteiger partial charge in [-0.3, -0.25) is 0 Å². The molecular weight excluding hydrogens is 255 g/mol. The van der Waals surface area contributed by atoms with E-state index in [1.807, 2.05) is 6.92 Å². The Balaban J connectivity index is 2.22. The third kappa shape index (κ3) is 3.21. The lowest BCUT2D eigenvalue weighted by Gasteiger charge is -2.46. The SMILES string of the molecule is CCOC1(C(O)c2ccc(F)cc2)CCC(C)(C)CC1. The number of ether oxygens (including phenoxy) is 1. The third-order valence-corrected chi connectivity index (χ3v) is 4.57. The lowest BCUT2D eigenvalue weighted by molar-refractivity contribution is -0.153. The first kappa shape index (κ1) is 15.5. The largest absolute Gasteiger partial charge is 0.385 e. The zero-order valence-electron chi connectivity index (χ0n) is 12.7. The Labute approximate surface area is 121 Å². The maximum Gasteiger partial charge on any atom is 0.123 e. The summed E-state index contributed by atoms with van der Waals surface area (Å²) in [6.45, 7) is 7.05. The molecular formula is C17H25FO2. The van der Waals surface area contributed by atoms with Crippen molar-refractivity contribution in [3.05, 3.63) is 35.6 Å². The van der Waals surface area contributed by atoms with Crippen LogP contribution in [0.4, 0.5) is 4.39 Å². The number of benzene rings is 1. The van der Waals surface area contributed by atoms with Gasteiger partial charge in [-0.25, -0.2) is 4.39 Å². The lowest BCUT2D eigenvalue weighted by atomic mass is 9.68. The Morgan fingerprint density at radius 2 is 1.70 bits per heavy atom. The van der Waals surface area contributed by atoms with E-state index in [4.69, 9.17) is 4.74 Å². The second-order valence-corrected chi connectivity index (χ2v) is 6.62. The highest BCUT2D eigenvalue weighted by Crippen LogP contribution is 2.47. The molecule has 112 valence electrons. The normalized spacial score (nSPS) is 22.4. The summed E-state index contributed by atoms with van der Waals surface area (Å²) in [5.41, 5.74) is 0.519. The minimum Gasteiger partial charge on any atom is -0.385 e. The van der Waals surface area contributed by atoms with Crippen molar-refractivity contribution >= 4 is 0 Å². The van der Waals surface area contributed by atoms with Crippen LogP contribution >= 0.6 is 0 Å². The molecule has 0 bridgehead atoms. The molecule has 0 saturated heterocycles. The first-order valence-electron chi connectivity index (χ1n) is 7.46. The van der Waals surface area contributed by atoms with Crippen molar-refractivity contribution in [1.82, 2.24) is 0 Å². The molecule has 2 rings (SSSR count). The van der Waals surface area contributed by atoms with E-state index in [1.54, 1.807) is 12.1 Å². The number of hydrogen-bond donors (Lipinski definition) is 1. The van der Waals surface area contributed by atoms with Crippen LogP contribution in [0.15, 0.2) is 24.3 Å². The molecule has 1 saturated carbocycles. The van der Waals surface area contributed by atoms with Crippen molar-refractivity contribution in [3.8, 4) is 0 Å². The minimum atomic E-state index is -0.695. The summed E-state index contributed by atoms with van der Waals surface area (Å²) in [6.07, 6.45) is 3.05. The molecule has 1 atom stereocenters. The monoisotopic (exact) mass is 280 g/mol. The minimum absolute atomic E-state index is 0.281. The average molecular weight is 280 g/mol. The first-order chi connectivity index (χ1) is 9.38. The third-order valence-electron chi connectivity index (χ3n) is 4.57. The zero-order chi connectivity index (χ0) is 14.8. The highest BCUT2D eigenvalue weighted by atomic mass is 19.1. The van der Waals surface area contributed by atoms with Crippen molar-refractivity contribution in [2.24, 2.45) is 5.41 Å². The number of rotatable bonds is 4. The summed E-state index contributed by atoms with van der Waals surface area (Å²) in [5.74, 6) is -0.281. The lowest BCUT2D eigenvalue weighted by Crippen LogP contribution is -2.44. The summed E-state index contributed by atoms with van der Waals surface area (Å²) < 4.78 is 19.0. The second kappa shape index (κ2) is 5.82. The van der Waals surface area contributed by atoms with Crippen LogP contribution in [0, 0.1) is 11.2 Å². The molecule has 1 unspecified atom stereocenters. The molecule has 0 spiro atoms. The van der Waals surface area contributed by atoms with Gasteiger partial charge in [0.15, 0.2) is 0 Å². The molecule has 0 radical (unpaired) electrons. The summed E-state index contributed by atoms with van der Waals surface area (Å²) in [4.78, 5) is 0. The van der Waals surface area contributed by atoms with Crippen molar-refractivity contribution in [2.45, 2.75) is 58.2 Å². The van der Waals surface area contributed by atoms with Crippen LogP contribution in [-0.4, -0.2) is 17.3 Å². The number of aliphatic hydroxyl groups excluding tert-OH is 1. The van der Waals surface area contributed by atoms with E-state index in [-0.39, 0.29) is 5.82 Å². The fourth-order valence-corrected chi connectivity index (χ4v) is 3.08. The van der Waals surface area contributed by atoms with Gasteiger partial charge >= 0.3 is 0 Å². The maximum absolute atomic E-state index is 13.0. The Bertz CT molecular complexity index is 429. The van der Waals surface area contributed by atoms with Crippen LogP contribution < -0.4 is 0 Å². The summed E-state index contributed by atoms with van der Waals surface area (Å²) in [5, 5.41) is 10.7. The Morgan fingerprint density at radius 1 is 1.15 bits per heavy atom. The topological polar surface area (TPSA) is 29.5 Å². The van der Waals surface area contributed by atoms with Crippen LogP contribution in [-0.2, 0) is 4.74 Å². The Morgan fingerprint density at radius 3 is 2.20 bits per heavy atom. The summed E-state index contributed by atoms with van der Waals surface area (Å²) in [6, 6.07) is 6.09. The molecule has 1 N–H and O–H groups in total. The van der Waals surface area contributed by atoms with Crippen LogP contribution in [0.5, 0.6) is 0 Å². The molecule has 1 aliphatic rings. The molecule has 0 aliphatic heterocycles. The van der Waals surface area contributed by atoms with Gasteiger partial charge in [0.1, 0.15) is 11.9 Å². The van der Waals surface area contributed by atoms with Gasteiger partial charge in [0.25, 0.3) is 0 Å². The van der Waals surface area contributed by atoms with Gasteiger partial charge < -0.3 is 9.84 Å². The maximum atomic E-state index is 13.0.